The van der Waals surface area contributed by atoms with Crippen molar-refractivity contribution in [2.75, 3.05) is 40.0 Å². The Morgan fingerprint density at radius 3 is 2.40 bits per heavy atom. The number of carbonyl (C=O) groups excluding carboxylic acids is 2. The number of hydrogen-bond donors (Lipinski definition) is 1. The molecule has 4 rings (SSSR count). The Bertz CT molecular complexity index is 1050. The van der Waals surface area contributed by atoms with E-state index in [1.807, 2.05) is 30.3 Å². The van der Waals surface area contributed by atoms with E-state index in [0.717, 1.165) is 36.1 Å². The second-order valence-corrected chi connectivity index (χ2v) is 10.7. The Morgan fingerprint density at radius 1 is 1.06 bits per heavy atom. The van der Waals surface area contributed by atoms with Crippen LogP contribution < -0.4 is 10.1 Å². The van der Waals surface area contributed by atoms with Gasteiger partial charge >= 0.3 is 6.09 Å². The van der Waals surface area contributed by atoms with Crippen LogP contribution in [-0.2, 0) is 15.9 Å². The largest absolute Gasteiger partial charge is 0.487 e. The zero-order valence-corrected chi connectivity index (χ0v) is 21.2. The molecule has 0 aromatic heterocycles. The van der Waals surface area contributed by atoms with Crippen LogP contribution in [-0.4, -0.2) is 62.5 Å². The third kappa shape index (κ3) is 6.14. The second kappa shape index (κ2) is 10.3. The van der Waals surface area contributed by atoms with Gasteiger partial charge in [0.05, 0.1) is 13.2 Å². The van der Waals surface area contributed by atoms with Crippen LogP contribution in [0.15, 0.2) is 42.5 Å². The smallest absolute Gasteiger partial charge is 0.409 e. The molecule has 1 fully saturated rings. The van der Waals surface area contributed by atoms with Gasteiger partial charge in [0.25, 0.3) is 5.91 Å². The number of piperidine rings is 1. The molecule has 0 unspecified atom stereocenters. The normalized spacial score (nSPS) is 16.5. The fourth-order valence-corrected chi connectivity index (χ4v) is 4.54. The first-order valence-electron chi connectivity index (χ1n) is 12.3. The number of benzene rings is 2. The lowest BCUT2D eigenvalue weighted by Gasteiger charge is -2.38. The molecule has 2 heterocycles. The van der Waals surface area contributed by atoms with E-state index in [4.69, 9.17) is 14.2 Å². The molecule has 2 amide bonds. The molecule has 35 heavy (non-hydrogen) atoms. The van der Waals surface area contributed by atoms with Gasteiger partial charge in [-0.25, -0.2) is 4.79 Å². The van der Waals surface area contributed by atoms with Gasteiger partial charge in [-0.1, -0.05) is 39.0 Å². The number of nitrogens with one attached hydrogen (secondary N) is 1. The highest BCUT2D eigenvalue weighted by Gasteiger charge is 2.43. The lowest BCUT2D eigenvalue weighted by molar-refractivity contribution is 0.00956. The highest BCUT2D eigenvalue weighted by Crippen LogP contribution is 2.42. The maximum Gasteiger partial charge on any atom is 0.409 e. The van der Waals surface area contributed by atoms with Crippen LogP contribution in [0.5, 0.6) is 5.75 Å². The number of likely N-dealkylation sites (tertiary alicyclic amines) is 1. The highest BCUT2D eigenvalue weighted by atomic mass is 16.6. The van der Waals surface area contributed by atoms with Gasteiger partial charge in [0, 0.05) is 51.6 Å². The molecule has 0 radical (unpaired) electrons. The maximum absolute atomic E-state index is 12.4. The minimum absolute atomic E-state index is 0.0443. The van der Waals surface area contributed by atoms with E-state index >= 15 is 0 Å². The van der Waals surface area contributed by atoms with Gasteiger partial charge < -0.3 is 24.4 Å². The molecule has 2 aromatic rings. The summed E-state index contributed by atoms with van der Waals surface area (Å²) >= 11 is 0. The zero-order valence-electron chi connectivity index (χ0n) is 21.2. The number of rotatable bonds is 6. The monoisotopic (exact) mass is 480 g/mol. The molecule has 1 saturated heterocycles. The average Bonchev–Trinajstić information content (AvgIpc) is 3.19. The Balaban J connectivity index is 1.36. The summed E-state index contributed by atoms with van der Waals surface area (Å²) in [7, 11) is 1.61. The van der Waals surface area contributed by atoms with Gasteiger partial charge in [0.1, 0.15) is 11.4 Å². The van der Waals surface area contributed by atoms with Crippen LogP contribution >= 0.6 is 0 Å². The number of hydrogen-bond acceptors (Lipinski definition) is 5. The topological polar surface area (TPSA) is 77.1 Å². The van der Waals surface area contributed by atoms with E-state index in [9.17, 15) is 9.59 Å². The predicted octanol–water partition coefficient (Wildman–Crippen LogP) is 4.68. The number of ether oxygens (including phenoxy) is 3. The Kier molecular flexibility index (Phi) is 7.36. The minimum Gasteiger partial charge on any atom is -0.487 e. The van der Waals surface area contributed by atoms with Crippen molar-refractivity contribution in [3.63, 3.8) is 0 Å². The summed E-state index contributed by atoms with van der Waals surface area (Å²) in [4.78, 5) is 26.4. The van der Waals surface area contributed by atoms with Crippen molar-refractivity contribution in [3.8, 4) is 16.9 Å². The first-order valence-corrected chi connectivity index (χ1v) is 12.3. The van der Waals surface area contributed by atoms with Crippen LogP contribution in [0, 0.1) is 5.41 Å². The van der Waals surface area contributed by atoms with Crippen molar-refractivity contribution in [1.82, 2.24) is 10.2 Å². The zero-order chi connectivity index (χ0) is 25.1. The van der Waals surface area contributed by atoms with Crippen LogP contribution in [0.1, 0.15) is 49.5 Å². The lowest BCUT2D eigenvalue weighted by atomic mass is 9.86. The van der Waals surface area contributed by atoms with Crippen LogP contribution in [0.4, 0.5) is 4.79 Å². The van der Waals surface area contributed by atoms with Gasteiger partial charge in [0.2, 0.25) is 0 Å². The second-order valence-electron chi connectivity index (χ2n) is 10.7. The summed E-state index contributed by atoms with van der Waals surface area (Å²) in [6.45, 7) is 8.82. The molecule has 2 aliphatic heterocycles. The third-order valence-electron chi connectivity index (χ3n) is 6.53. The van der Waals surface area contributed by atoms with E-state index in [-0.39, 0.29) is 23.0 Å². The molecule has 2 aromatic carbocycles. The fourth-order valence-electron chi connectivity index (χ4n) is 4.54. The van der Waals surface area contributed by atoms with Gasteiger partial charge in [-0.15, -0.1) is 0 Å². The Morgan fingerprint density at radius 2 is 1.74 bits per heavy atom. The lowest BCUT2D eigenvalue weighted by Crippen LogP contribution is -2.49. The van der Waals surface area contributed by atoms with E-state index in [1.165, 1.54) is 5.56 Å². The van der Waals surface area contributed by atoms with E-state index in [2.05, 4.69) is 38.2 Å². The van der Waals surface area contributed by atoms with E-state index in [0.29, 0.717) is 38.4 Å². The molecule has 0 atom stereocenters. The number of amides is 2. The Labute approximate surface area is 207 Å². The van der Waals surface area contributed by atoms with Crippen molar-refractivity contribution < 1.29 is 23.8 Å². The molecule has 0 bridgehead atoms. The summed E-state index contributed by atoms with van der Waals surface area (Å²) in [5, 5.41) is 2.84. The number of methoxy groups -OCH3 is 1. The van der Waals surface area contributed by atoms with Crippen LogP contribution in [0.3, 0.4) is 0 Å². The summed E-state index contributed by atoms with van der Waals surface area (Å²) in [5.74, 6) is 0.818. The summed E-state index contributed by atoms with van der Waals surface area (Å²) in [6, 6.07) is 13.9. The van der Waals surface area contributed by atoms with Gasteiger partial charge in [0.15, 0.2) is 0 Å². The molecular weight excluding hydrogens is 444 g/mol. The number of fused-ring (bicyclic) bond motifs is 1. The van der Waals surface area contributed by atoms with Gasteiger partial charge in [-0.2, -0.15) is 0 Å². The van der Waals surface area contributed by atoms with Crippen molar-refractivity contribution in [2.45, 2.75) is 45.6 Å². The minimum atomic E-state index is -0.258. The first-order chi connectivity index (χ1) is 16.7. The molecule has 0 aliphatic carbocycles. The standard InChI is InChI=1S/C28H36N2O5/c1-27(2,3)19-34-26(32)30-14-11-28(12-15-30)18-23-17-22(9-10-24(23)35-28)20-5-7-21(8-6-20)25(31)29-13-16-33-4/h5-10,17H,11-16,18-19H2,1-4H3,(H,29,31). The summed E-state index contributed by atoms with van der Waals surface area (Å²) < 4.78 is 16.9. The summed E-state index contributed by atoms with van der Waals surface area (Å²) in [6.07, 6.45) is 2.17. The molecule has 7 heteroatoms. The highest BCUT2D eigenvalue weighted by molar-refractivity contribution is 5.94. The molecule has 2 aliphatic rings. The SMILES string of the molecule is COCCNC(=O)c1ccc(-c2ccc3c(c2)CC2(CCN(C(=O)OCC(C)(C)C)CC2)O3)cc1. The van der Waals surface area contributed by atoms with Crippen LogP contribution in [0.2, 0.25) is 0 Å². The van der Waals surface area contributed by atoms with Crippen molar-refractivity contribution in [3.05, 3.63) is 53.6 Å². The Hall–Kier alpha value is -3.06. The molecular formula is C28H36N2O5. The molecule has 188 valence electrons. The van der Waals surface area contributed by atoms with Crippen molar-refractivity contribution >= 4 is 12.0 Å². The third-order valence-corrected chi connectivity index (χ3v) is 6.53. The fraction of sp³-hybridized carbons (Fsp3) is 0.500. The maximum atomic E-state index is 12.4. The van der Waals surface area contributed by atoms with E-state index in [1.54, 1.807) is 12.0 Å². The quantitative estimate of drug-likeness (QED) is 0.608. The van der Waals surface area contributed by atoms with Crippen molar-refractivity contribution in [2.24, 2.45) is 5.41 Å². The number of nitrogens with zero attached hydrogens (tertiary/aromatic N) is 1. The summed E-state index contributed by atoms with van der Waals surface area (Å²) in [5.41, 5.74) is 3.66. The molecule has 1 N–H and O–H groups in total. The average molecular weight is 481 g/mol. The van der Waals surface area contributed by atoms with Crippen molar-refractivity contribution in [1.29, 1.82) is 0 Å². The molecule has 0 saturated carbocycles. The number of carbonyl (C=O) groups is 2. The molecule has 7 nitrogen and oxygen atoms in total. The van der Waals surface area contributed by atoms with E-state index < -0.39 is 0 Å². The molecule has 1 spiro atoms. The first kappa shape index (κ1) is 25.0. The van der Waals surface area contributed by atoms with Gasteiger partial charge in [-0.3, -0.25) is 4.79 Å². The van der Waals surface area contributed by atoms with Gasteiger partial charge in [-0.05, 0) is 46.4 Å². The van der Waals surface area contributed by atoms with Crippen LogP contribution in [0.25, 0.3) is 11.1 Å². The predicted molar refractivity (Wildman–Crippen MR) is 135 cm³/mol.